The molecule has 0 N–H and O–H groups in total. The van der Waals surface area contributed by atoms with Gasteiger partial charge in [-0.3, -0.25) is 0 Å². The number of benzene rings is 10. The lowest BCUT2D eigenvalue weighted by Crippen LogP contribution is -2.16. The maximum atomic E-state index is 6.59. The Labute approximate surface area is 330 Å². The summed E-state index contributed by atoms with van der Waals surface area (Å²) in [5, 5.41) is 11.8. The summed E-state index contributed by atoms with van der Waals surface area (Å²) in [5.41, 5.74) is 11.3. The van der Waals surface area contributed by atoms with Crippen LogP contribution in [0.5, 0.6) is 0 Å². The van der Waals surface area contributed by atoms with Gasteiger partial charge in [-0.15, -0.1) is 0 Å². The molecule has 1 aliphatic rings. The van der Waals surface area contributed by atoms with E-state index in [4.69, 9.17) is 9.40 Å². The topological polar surface area (TPSA) is 29.3 Å². The first-order valence-electron chi connectivity index (χ1n) is 19.7. The minimum atomic E-state index is -0.136. The molecule has 0 spiro atoms. The van der Waals surface area contributed by atoms with Gasteiger partial charge in [0.15, 0.2) is 5.58 Å². The summed E-state index contributed by atoms with van der Waals surface area (Å²) >= 11 is 0. The zero-order valence-corrected chi connectivity index (χ0v) is 31.6. The monoisotopic (exact) mass is 728 g/mol. The van der Waals surface area contributed by atoms with Crippen molar-refractivity contribution < 1.29 is 4.42 Å². The fraction of sp³-hybridized carbons (Fsp3) is 0.0556. The Morgan fingerprint density at radius 3 is 1.98 bits per heavy atom. The van der Waals surface area contributed by atoms with Crippen LogP contribution in [-0.2, 0) is 5.41 Å². The van der Waals surface area contributed by atoms with Crippen molar-refractivity contribution in [1.29, 1.82) is 0 Å². The summed E-state index contributed by atoms with van der Waals surface area (Å²) in [6, 6.07) is 66.1. The van der Waals surface area contributed by atoms with Crippen molar-refractivity contribution in [2.45, 2.75) is 19.3 Å². The summed E-state index contributed by atoms with van der Waals surface area (Å²) in [6.45, 7) is 4.72. The molecule has 268 valence electrons. The molecule has 0 bridgehead atoms. The SMILES string of the molecule is CC1(C)c2ccccc2-c2ccc(N(c3ccc4ccc5c6nc(-c7ccccc7)oc6c6ccccc6c5c4c3)c3cccc4c3ccc3ccccc34)cc21. The van der Waals surface area contributed by atoms with Crippen LogP contribution in [0.25, 0.3) is 87.5 Å². The van der Waals surface area contributed by atoms with Gasteiger partial charge in [0.2, 0.25) is 5.89 Å². The number of nitrogens with zero attached hydrogens (tertiary/aromatic N) is 2. The van der Waals surface area contributed by atoms with E-state index in [2.05, 4.69) is 183 Å². The number of fused-ring (bicyclic) bond motifs is 14. The molecule has 0 unspecified atom stereocenters. The van der Waals surface area contributed by atoms with Crippen molar-refractivity contribution in [3.8, 4) is 22.6 Å². The van der Waals surface area contributed by atoms with E-state index in [0.29, 0.717) is 5.89 Å². The van der Waals surface area contributed by atoms with Gasteiger partial charge in [0.1, 0.15) is 5.52 Å². The van der Waals surface area contributed by atoms with E-state index in [0.717, 1.165) is 49.9 Å². The smallest absolute Gasteiger partial charge is 0.227 e. The summed E-state index contributed by atoms with van der Waals surface area (Å²) in [6.07, 6.45) is 0. The highest BCUT2D eigenvalue weighted by Crippen LogP contribution is 2.51. The molecule has 3 nitrogen and oxygen atoms in total. The van der Waals surface area contributed by atoms with Gasteiger partial charge in [0.05, 0.1) is 5.69 Å². The fourth-order valence-electron chi connectivity index (χ4n) is 9.70. The van der Waals surface area contributed by atoms with Crippen molar-refractivity contribution in [2.24, 2.45) is 0 Å². The van der Waals surface area contributed by atoms with Gasteiger partial charge in [-0.25, -0.2) is 4.98 Å². The maximum absolute atomic E-state index is 6.59. The number of aromatic nitrogens is 1. The van der Waals surface area contributed by atoms with E-state index in [-0.39, 0.29) is 5.41 Å². The highest BCUT2D eigenvalue weighted by atomic mass is 16.3. The van der Waals surface area contributed by atoms with Crippen molar-refractivity contribution in [3.63, 3.8) is 0 Å². The van der Waals surface area contributed by atoms with Crippen LogP contribution in [0, 0.1) is 0 Å². The third-order valence-electron chi connectivity index (χ3n) is 12.4. The molecule has 10 aromatic carbocycles. The molecule has 0 fully saturated rings. The second-order valence-corrected chi connectivity index (χ2v) is 15.9. The van der Waals surface area contributed by atoms with Crippen molar-refractivity contribution in [3.05, 3.63) is 193 Å². The second-order valence-electron chi connectivity index (χ2n) is 15.9. The third kappa shape index (κ3) is 4.63. The highest BCUT2D eigenvalue weighted by Gasteiger charge is 2.36. The molecular weight excluding hydrogens is 693 g/mol. The fourth-order valence-corrected chi connectivity index (χ4v) is 9.70. The molecular formula is C54H36N2O. The molecule has 0 amide bonds. The molecule has 57 heavy (non-hydrogen) atoms. The maximum Gasteiger partial charge on any atom is 0.227 e. The predicted molar refractivity (Wildman–Crippen MR) is 239 cm³/mol. The van der Waals surface area contributed by atoms with E-state index in [9.17, 15) is 0 Å². The van der Waals surface area contributed by atoms with E-state index in [1.807, 2.05) is 18.2 Å². The number of rotatable bonds is 4. The molecule has 1 heterocycles. The normalized spacial score (nSPS) is 13.2. The molecule has 3 heteroatoms. The van der Waals surface area contributed by atoms with Crippen molar-refractivity contribution >= 4 is 82.0 Å². The predicted octanol–water partition coefficient (Wildman–Crippen LogP) is 15.0. The van der Waals surface area contributed by atoms with Gasteiger partial charge in [-0.2, -0.15) is 0 Å². The molecule has 0 saturated heterocycles. The van der Waals surface area contributed by atoms with Crippen LogP contribution >= 0.6 is 0 Å². The summed E-state index contributed by atoms with van der Waals surface area (Å²) in [5.74, 6) is 0.633. The molecule has 1 aliphatic carbocycles. The summed E-state index contributed by atoms with van der Waals surface area (Å²) < 4.78 is 6.59. The van der Waals surface area contributed by atoms with E-state index < -0.39 is 0 Å². The third-order valence-corrected chi connectivity index (χ3v) is 12.4. The molecule has 0 saturated carbocycles. The Morgan fingerprint density at radius 1 is 0.456 bits per heavy atom. The van der Waals surface area contributed by atoms with Crippen LogP contribution < -0.4 is 4.90 Å². The van der Waals surface area contributed by atoms with Gasteiger partial charge in [0, 0.05) is 38.5 Å². The van der Waals surface area contributed by atoms with Gasteiger partial charge in [-0.1, -0.05) is 153 Å². The Kier molecular flexibility index (Phi) is 6.68. The van der Waals surface area contributed by atoms with Crippen LogP contribution in [0.4, 0.5) is 17.1 Å². The second kappa shape index (κ2) is 11.9. The highest BCUT2D eigenvalue weighted by molar-refractivity contribution is 6.30. The van der Waals surface area contributed by atoms with E-state index >= 15 is 0 Å². The molecule has 0 aliphatic heterocycles. The standard InChI is InChI=1S/C54H36N2O/c1-54(2)47-21-11-10-17-40(47)41-30-27-37(32-48(41)54)56(49-22-12-20-39-38-16-7-6-13-33(38)24-28-42(39)49)36-26-23-34-25-29-45-50(46(34)31-36)43-18-8-9-19-44(43)52-51(45)55-53(57-52)35-14-4-3-5-15-35/h3-32H,1-2H3. The molecule has 12 rings (SSSR count). The lowest BCUT2D eigenvalue weighted by molar-refractivity contribution is 0.623. The first-order chi connectivity index (χ1) is 28.0. The van der Waals surface area contributed by atoms with E-state index in [1.54, 1.807) is 0 Å². The van der Waals surface area contributed by atoms with Crippen LogP contribution in [0.1, 0.15) is 25.0 Å². The number of hydrogen-bond acceptors (Lipinski definition) is 3. The molecule has 1 aromatic heterocycles. The van der Waals surface area contributed by atoms with Gasteiger partial charge in [-0.05, 0) is 102 Å². The molecule has 11 aromatic rings. The number of hydrogen-bond donors (Lipinski definition) is 0. The van der Waals surface area contributed by atoms with E-state index in [1.165, 1.54) is 60.0 Å². The summed E-state index contributed by atoms with van der Waals surface area (Å²) in [7, 11) is 0. The lowest BCUT2D eigenvalue weighted by Gasteiger charge is -2.29. The Balaban J connectivity index is 1.15. The minimum Gasteiger partial charge on any atom is -0.435 e. The van der Waals surface area contributed by atoms with Gasteiger partial charge >= 0.3 is 0 Å². The Hall–Kier alpha value is -7.23. The quantitative estimate of drug-likeness (QED) is 0.169. The van der Waals surface area contributed by atoms with Gasteiger partial charge in [0.25, 0.3) is 0 Å². The molecule has 0 atom stereocenters. The largest absolute Gasteiger partial charge is 0.435 e. The minimum absolute atomic E-state index is 0.136. The van der Waals surface area contributed by atoms with Crippen molar-refractivity contribution in [1.82, 2.24) is 4.98 Å². The number of oxazole rings is 1. The molecule has 0 radical (unpaired) electrons. The van der Waals surface area contributed by atoms with Crippen LogP contribution in [0.15, 0.2) is 186 Å². The van der Waals surface area contributed by atoms with Gasteiger partial charge < -0.3 is 9.32 Å². The average Bonchev–Trinajstić information content (AvgIpc) is 3.81. The van der Waals surface area contributed by atoms with Crippen LogP contribution in [0.3, 0.4) is 0 Å². The zero-order valence-electron chi connectivity index (χ0n) is 31.6. The number of anilines is 3. The van der Waals surface area contributed by atoms with Crippen LogP contribution in [-0.4, -0.2) is 4.98 Å². The van der Waals surface area contributed by atoms with Crippen LogP contribution in [0.2, 0.25) is 0 Å². The lowest BCUT2D eigenvalue weighted by atomic mass is 9.82. The summed E-state index contributed by atoms with van der Waals surface area (Å²) in [4.78, 5) is 7.64. The average molecular weight is 729 g/mol. The Bertz CT molecular complexity index is 3450. The first kappa shape index (κ1) is 32.1. The van der Waals surface area contributed by atoms with Crippen molar-refractivity contribution in [2.75, 3.05) is 4.90 Å². The zero-order chi connectivity index (χ0) is 37.8. The Morgan fingerprint density at radius 2 is 1.11 bits per heavy atom. The first-order valence-corrected chi connectivity index (χ1v) is 19.7.